The molecule has 0 bridgehead atoms. The molecule has 1 fully saturated rings. The van der Waals surface area contributed by atoms with Gasteiger partial charge in [0.25, 0.3) is 0 Å². The molecule has 1 aliphatic carbocycles. The van der Waals surface area contributed by atoms with Gasteiger partial charge in [-0.15, -0.1) is 0 Å². The van der Waals surface area contributed by atoms with Crippen molar-refractivity contribution in [2.24, 2.45) is 11.8 Å². The first-order valence-corrected chi connectivity index (χ1v) is 6.09. The largest absolute Gasteiger partial charge is 0.481 e. The summed E-state index contributed by atoms with van der Waals surface area (Å²) in [6.07, 6.45) is 11.8. The van der Waals surface area contributed by atoms with Crippen LogP contribution in [0.2, 0.25) is 0 Å². The molecule has 0 saturated heterocycles. The SMILES string of the molecule is C/C=C/CCC(C(=O)O)C1CCCCC1. The van der Waals surface area contributed by atoms with Crippen molar-refractivity contribution < 1.29 is 9.90 Å². The first-order chi connectivity index (χ1) is 7.25. The predicted molar refractivity (Wildman–Crippen MR) is 61.7 cm³/mol. The number of hydrogen-bond acceptors (Lipinski definition) is 1. The van der Waals surface area contributed by atoms with Crippen LogP contribution in [-0.4, -0.2) is 11.1 Å². The number of carbonyl (C=O) groups is 1. The number of hydrogen-bond donors (Lipinski definition) is 1. The normalized spacial score (nSPS) is 20.6. The van der Waals surface area contributed by atoms with Crippen LogP contribution in [0.15, 0.2) is 12.2 Å². The Bertz CT molecular complexity index is 215. The van der Waals surface area contributed by atoms with E-state index in [0.29, 0.717) is 5.92 Å². The van der Waals surface area contributed by atoms with Crippen LogP contribution in [0.4, 0.5) is 0 Å². The van der Waals surface area contributed by atoms with E-state index < -0.39 is 5.97 Å². The molecular weight excluding hydrogens is 188 g/mol. The van der Waals surface area contributed by atoms with Crippen LogP contribution in [0, 0.1) is 11.8 Å². The molecule has 0 amide bonds. The summed E-state index contributed by atoms with van der Waals surface area (Å²) in [7, 11) is 0. The van der Waals surface area contributed by atoms with Crippen molar-refractivity contribution in [3.05, 3.63) is 12.2 Å². The summed E-state index contributed by atoms with van der Waals surface area (Å²) in [5.41, 5.74) is 0. The third-order valence-corrected chi connectivity index (χ3v) is 3.42. The second-order valence-corrected chi connectivity index (χ2v) is 4.49. The third-order valence-electron chi connectivity index (χ3n) is 3.42. The Balaban J connectivity index is 2.44. The fraction of sp³-hybridized carbons (Fsp3) is 0.769. The van der Waals surface area contributed by atoms with E-state index in [1.165, 1.54) is 19.3 Å². The zero-order valence-electron chi connectivity index (χ0n) is 9.61. The zero-order chi connectivity index (χ0) is 11.1. The van der Waals surface area contributed by atoms with E-state index in [-0.39, 0.29) is 5.92 Å². The second kappa shape index (κ2) is 6.65. The molecule has 1 aliphatic rings. The average Bonchev–Trinajstić information content (AvgIpc) is 2.25. The summed E-state index contributed by atoms with van der Waals surface area (Å²) in [5.74, 6) is -0.269. The quantitative estimate of drug-likeness (QED) is 0.704. The van der Waals surface area contributed by atoms with Gasteiger partial charge in [0.05, 0.1) is 5.92 Å². The smallest absolute Gasteiger partial charge is 0.306 e. The highest BCUT2D eigenvalue weighted by Gasteiger charge is 2.28. The first kappa shape index (κ1) is 12.3. The summed E-state index contributed by atoms with van der Waals surface area (Å²) >= 11 is 0. The van der Waals surface area contributed by atoms with Crippen LogP contribution < -0.4 is 0 Å². The second-order valence-electron chi connectivity index (χ2n) is 4.49. The molecule has 2 nitrogen and oxygen atoms in total. The molecule has 15 heavy (non-hydrogen) atoms. The van der Waals surface area contributed by atoms with Crippen LogP contribution >= 0.6 is 0 Å². The Hall–Kier alpha value is -0.790. The fourth-order valence-electron chi connectivity index (χ4n) is 2.54. The standard InChI is InChI=1S/C13H22O2/c1-2-3-5-10-12(13(14)15)11-8-6-4-7-9-11/h2-3,11-12H,4-10H2,1H3,(H,14,15)/b3-2+. The van der Waals surface area contributed by atoms with E-state index in [2.05, 4.69) is 6.08 Å². The van der Waals surface area contributed by atoms with Gasteiger partial charge in [0.2, 0.25) is 0 Å². The van der Waals surface area contributed by atoms with E-state index >= 15 is 0 Å². The molecule has 0 aromatic carbocycles. The van der Waals surface area contributed by atoms with Crippen LogP contribution in [-0.2, 0) is 4.79 Å². The molecule has 0 aliphatic heterocycles. The molecule has 1 unspecified atom stereocenters. The summed E-state index contributed by atoms with van der Waals surface area (Å²) < 4.78 is 0. The molecule has 0 heterocycles. The lowest BCUT2D eigenvalue weighted by Gasteiger charge is -2.27. The maximum Gasteiger partial charge on any atom is 0.306 e. The van der Waals surface area contributed by atoms with Crippen molar-refractivity contribution in [2.45, 2.75) is 51.9 Å². The van der Waals surface area contributed by atoms with Gasteiger partial charge < -0.3 is 5.11 Å². The minimum absolute atomic E-state index is 0.110. The monoisotopic (exact) mass is 210 g/mol. The lowest BCUT2D eigenvalue weighted by atomic mass is 9.78. The van der Waals surface area contributed by atoms with Crippen molar-refractivity contribution in [2.75, 3.05) is 0 Å². The Morgan fingerprint density at radius 1 is 1.40 bits per heavy atom. The molecular formula is C13H22O2. The maximum atomic E-state index is 11.2. The molecule has 0 aromatic heterocycles. The van der Waals surface area contributed by atoms with Gasteiger partial charge in [0.15, 0.2) is 0 Å². The topological polar surface area (TPSA) is 37.3 Å². The van der Waals surface area contributed by atoms with Crippen molar-refractivity contribution in [1.82, 2.24) is 0 Å². The van der Waals surface area contributed by atoms with E-state index in [1.54, 1.807) is 0 Å². The molecule has 0 radical (unpaired) electrons. The van der Waals surface area contributed by atoms with Crippen LogP contribution in [0.25, 0.3) is 0 Å². The number of carboxylic acid groups (broad SMARTS) is 1. The Morgan fingerprint density at radius 3 is 2.60 bits per heavy atom. The Morgan fingerprint density at radius 2 is 2.07 bits per heavy atom. The van der Waals surface area contributed by atoms with E-state index in [0.717, 1.165) is 25.7 Å². The fourth-order valence-corrected chi connectivity index (χ4v) is 2.54. The molecule has 1 saturated carbocycles. The van der Waals surface area contributed by atoms with Crippen molar-refractivity contribution in [3.63, 3.8) is 0 Å². The Labute approximate surface area is 92.4 Å². The maximum absolute atomic E-state index is 11.2. The highest BCUT2D eigenvalue weighted by Crippen LogP contribution is 2.32. The van der Waals surface area contributed by atoms with Gasteiger partial charge in [0.1, 0.15) is 0 Å². The third kappa shape index (κ3) is 4.06. The Kier molecular flexibility index (Phi) is 5.44. The van der Waals surface area contributed by atoms with E-state index in [4.69, 9.17) is 0 Å². The van der Waals surface area contributed by atoms with Gasteiger partial charge >= 0.3 is 5.97 Å². The summed E-state index contributed by atoms with van der Waals surface area (Å²) in [6.45, 7) is 1.98. The molecule has 0 spiro atoms. The van der Waals surface area contributed by atoms with Crippen molar-refractivity contribution >= 4 is 5.97 Å². The van der Waals surface area contributed by atoms with Crippen molar-refractivity contribution in [1.29, 1.82) is 0 Å². The number of carboxylic acids is 1. The van der Waals surface area contributed by atoms with Crippen molar-refractivity contribution in [3.8, 4) is 0 Å². The number of allylic oxidation sites excluding steroid dienone is 2. The van der Waals surface area contributed by atoms with Gasteiger partial charge in [-0.1, -0.05) is 31.4 Å². The highest BCUT2D eigenvalue weighted by atomic mass is 16.4. The number of rotatable bonds is 5. The molecule has 1 N–H and O–H groups in total. The average molecular weight is 210 g/mol. The molecule has 1 rings (SSSR count). The molecule has 2 heteroatoms. The summed E-state index contributed by atoms with van der Waals surface area (Å²) in [4.78, 5) is 11.2. The summed E-state index contributed by atoms with van der Waals surface area (Å²) in [6, 6.07) is 0. The van der Waals surface area contributed by atoms with Gasteiger partial charge in [-0.3, -0.25) is 4.79 Å². The van der Waals surface area contributed by atoms with Gasteiger partial charge in [-0.05, 0) is 38.5 Å². The zero-order valence-corrected chi connectivity index (χ0v) is 9.61. The predicted octanol–water partition coefficient (Wildman–Crippen LogP) is 3.62. The highest BCUT2D eigenvalue weighted by molar-refractivity contribution is 5.70. The minimum Gasteiger partial charge on any atom is -0.481 e. The minimum atomic E-state index is -0.591. The van der Waals surface area contributed by atoms with Gasteiger partial charge in [-0.25, -0.2) is 0 Å². The molecule has 1 atom stereocenters. The lowest BCUT2D eigenvalue weighted by molar-refractivity contribution is -0.144. The van der Waals surface area contributed by atoms with Crippen LogP contribution in [0.3, 0.4) is 0 Å². The van der Waals surface area contributed by atoms with E-state index in [1.807, 2.05) is 13.0 Å². The van der Waals surface area contributed by atoms with Gasteiger partial charge in [0, 0.05) is 0 Å². The van der Waals surface area contributed by atoms with Crippen LogP contribution in [0.5, 0.6) is 0 Å². The van der Waals surface area contributed by atoms with Gasteiger partial charge in [-0.2, -0.15) is 0 Å². The van der Waals surface area contributed by atoms with E-state index in [9.17, 15) is 9.90 Å². The lowest BCUT2D eigenvalue weighted by Crippen LogP contribution is -2.25. The molecule has 86 valence electrons. The first-order valence-electron chi connectivity index (χ1n) is 6.09. The number of aliphatic carboxylic acids is 1. The molecule has 0 aromatic rings. The summed E-state index contributed by atoms with van der Waals surface area (Å²) in [5, 5.41) is 9.20. The van der Waals surface area contributed by atoms with Crippen LogP contribution in [0.1, 0.15) is 51.9 Å².